The number of carboxylic acid groups (broad SMARTS) is 1. The van der Waals surface area contributed by atoms with Crippen LogP contribution in [0.5, 0.6) is 0 Å². The predicted octanol–water partition coefficient (Wildman–Crippen LogP) is 3.59. The number of H-pyrrole nitrogens is 1. The van der Waals surface area contributed by atoms with Crippen LogP contribution in [0.1, 0.15) is 5.69 Å². The molecule has 0 radical (unpaired) electrons. The van der Waals surface area contributed by atoms with E-state index in [0.717, 1.165) is 6.26 Å². The first-order valence-corrected chi connectivity index (χ1v) is 10.0. The van der Waals surface area contributed by atoms with Gasteiger partial charge in [-0.15, -0.1) is 0 Å². The van der Waals surface area contributed by atoms with Crippen LogP contribution in [-0.2, 0) is 20.8 Å². The van der Waals surface area contributed by atoms with Crippen molar-refractivity contribution in [2.75, 3.05) is 6.26 Å². The van der Waals surface area contributed by atoms with Crippen LogP contribution in [-0.4, -0.2) is 51.9 Å². The Morgan fingerprint density at radius 3 is 2.12 bits per heavy atom. The number of alkyl halides is 6. The van der Waals surface area contributed by atoms with Gasteiger partial charge in [-0.3, -0.25) is 9.97 Å². The van der Waals surface area contributed by atoms with E-state index >= 15 is 0 Å². The van der Waals surface area contributed by atoms with E-state index in [0.29, 0.717) is 17.3 Å². The Hall–Kier alpha value is -3.49. The van der Waals surface area contributed by atoms with Crippen molar-refractivity contribution in [3.63, 3.8) is 0 Å². The molecule has 32 heavy (non-hydrogen) atoms. The zero-order chi connectivity index (χ0) is 24.3. The van der Waals surface area contributed by atoms with Crippen LogP contribution in [0.3, 0.4) is 0 Å². The molecule has 0 aliphatic carbocycles. The number of sulfone groups is 1. The summed E-state index contributed by atoms with van der Waals surface area (Å²) in [6.45, 7) is 0. The van der Waals surface area contributed by atoms with Gasteiger partial charge in [0.15, 0.2) is 15.7 Å². The van der Waals surface area contributed by atoms with Crippen molar-refractivity contribution in [1.29, 1.82) is 0 Å². The molecule has 0 unspecified atom stereocenters. The first kappa shape index (κ1) is 24.8. The molecule has 3 aromatic rings. The number of hydrogen-bond acceptors (Lipinski definition) is 6. The number of carboxylic acids is 1. The van der Waals surface area contributed by atoms with Gasteiger partial charge in [0.05, 0.1) is 11.1 Å². The van der Waals surface area contributed by atoms with Crippen LogP contribution in [0.25, 0.3) is 22.6 Å². The highest BCUT2D eigenvalue weighted by molar-refractivity contribution is 7.90. The van der Waals surface area contributed by atoms with Crippen molar-refractivity contribution < 1.29 is 44.7 Å². The summed E-state index contributed by atoms with van der Waals surface area (Å²) in [5.41, 5.74) is 0.260. The topological polar surface area (TPSA) is 126 Å². The van der Waals surface area contributed by atoms with Crippen molar-refractivity contribution in [2.24, 2.45) is 0 Å². The lowest BCUT2D eigenvalue weighted by molar-refractivity contribution is -0.192. The van der Waals surface area contributed by atoms with Gasteiger partial charge in [-0.1, -0.05) is 0 Å². The molecule has 3 rings (SSSR count). The van der Waals surface area contributed by atoms with E-state index in [-0.39, 0.29) is 16.4 Å². The number of imidazole rings is 1. The Kier molecular flexibility index (Phi) is 6.92. The lowest BCUT2D eigenvalue weighted by atomic mass is 10.1. The van der Waals surface area contributed by atoms with E-state index in [1.807, 2.05) is 0 Å². The molecule has 172 valence electrons. The lowest BCUT2D eigenvalue weighted by Gasteiger charge is -2.05. The average molecular weight is 482 g/mol. The highest BCUT2D eigenvalue weighted by atomic mass is 32.2. The summed E-state index contributed by atoms with van der Waals surface area (Å²) in [6.07, 6.45) is -3.78. The molecular weight excluding hydrogens is 470 g/mol. The zero-order valence-electron chi connectivity index (χ0n) is 15.7. The summed E-state index contributed by atoms with van der Waals surface area (Å²) in [5.74, 6) is -2.80. The molecule has 8 nitrogen and oxygen atoms in total. The molecule has 0 fully saturated rings. The van der Waals surface area contributed by atoms with Crippen LogP contribution >= 0.6 is 0 Å². The molecule has 0 bridgehead atoms. The van der Waals surface area contributed by atoms with Crippen LogP contribution in [0.2, 0.25) is 0 Å². The maximum Gasteiger partial charge on any atom is 0.490 e. The van der Waals surface area contributed by atoms with Gasteiger partial charge in [0.2, 0.25) is 0 Å². The number of hydrogen-bond donors (Lipinski definition) is 2. The fourth-order valence-corrected chi connectivity index (χ4v) is 2.71. The second kappa shape index (κ2) is 8.94. The van der Waals surface area contributed by atoms with Crippen molar-refractivity contribution in [1.82, 2.24) is 19.9 Å². The lowest BCUT2D eigenvalue weighted by Crippen LogP contribution is -2.21. The maximum absolute atomic E-state index is 12.7. The van der Waals surface area contributed by atoms with E-state index in [1.165, 1.54) is 30.7 Å². The van der Waals surface area contributed by atoms with Gasteiger partial charge in [-0.2, -0.15) is 26.3 Å². The largest absolute Gasteiger partial charge is 0.490 e. The Morgan fingerprint density at radius 2 is 1.62 bits per heavy atom. The Morgan fingerprint density at radius 1 is 1.00 bits per heavy atom. The monoisotopic (exact) mass is 482 g/mol. The summed E-state index contributed by atoms with van der Waals surface area (Å²) < 4.78 is 93.0. The molecule has 15 heteroatoms. The second-order valence-electron chi connectivity index (χ2n) is 6.06. The minimum absolute atomic E-state index is 0.0404. The quantitative estimate of drug-likeness (QED) is 0.547. The number of pyridine rings is 2. The molecule has 3 aromatic heterocycles. The van der Waals surface area contributed by atoms with E-state index < -0.39 is 33.9 Å². The number of nitrogens with one attached hydrogen (secondary N) is 1. The van der Waals surface area contributed by atoms with Gasteiger partial charge >= 0.3 is 18.3 Å². The smallest absolute Gasteiger partial charge is 0.475 e. The first-order chi connectivity index (χ1) is 14.6. The molecule has 0 amide bonds. The number of aromatic amines is 1. The Labute approximate surface area is 175 Å². The fraction of sp³-hybridized carbons (Fsp3) is 0.176. The third-order valence-electron chi connectivity index (χ3n) is 3.60. The van der Waals surface area contributed by atoms with E-state index in [1.54, 1.807) is 6.07 Å². The third-order valence-corrected chi connectivity index (χ3v) is 4.68. The normalized spacial score (nSPS) is 12.1. The Balaban J connectivity index is 0.000000451. The van der Waals surface area contributed by atoms with Gasteiger partial charge < -0.3 is 10.1 Å². The summed E-state index contributed by atoms with van der Waals surface area (Å²) in [7, 11) is -3.43. The number of carbonyl (C=O) groups is 1. The second-order valence-corrected chi connectivity index (χ2v) is 8.07. The minimum atomic E-state index is -5.08. The number of nitrogens with zero attached hydrogens (tertiary/aromatic N) is 3. The molecule has 0 saturated carbocycles. The van der Waals surface area contributed by atoms with E-state index in [2.05, 4.69) is 19.9 Å². The number of aliphatic carboxylic acids is 1. The summed E-state index contributed by atoms with van der Waals surface area (Å²) >= 11 is 0. The molecule has 0 aliphatic rings. The van der Waals surface area contributed by atoms with Gasteiger partial charge in [-0.25, -0.2) is 18.2 Å². The summed E-state index contributed by atoms with van der Waals surface area (Å²) in [5, 5.41) is 7.12. The highest BCUT2D eigenvalue weighted by Gasteiger charge is 2.38. The molecule has 0 saturated heterocycles. The molecular formula is C17H12F6N4O4S. The van der Waals surface area contributed by atoms with Crippen molar-refractivity contribution in [2.45, 2.75) is 17.2 Å². The van der Waals surface area contributed by atoms with Crippen LogP contribution < -0.4 is 0 Å². The molecule has 0 atom stereocenters. The molecule has 0 aliphatic heterocycles. The van der Waals surface area contributed by atoms with Crippen LogP contribution in [0, 0.1) is 0 Å². The van der Waals surface area contributed by atoms with Gasteiger partial charge in [0, 0.05) is 30.4 Å². The molecule has 3 heterocycles. The van der Waals surface area contributed by atoms with Crippen molar-refractivity contribution in [3.8, 4) is 22.6 Å². The molecule has 0 aromatic carbocycles. The molecule has 2 N–H and O–H groups in total. The van der Waals surface area contributed by atoms with E-state index in [4.69, 9.17) is 9.90 Å². The van der Waals surface area contributed by atoms with E-state index in [9.17, 15) is 34.8 Å². The predicted molar refractivity (Wildman–Crippen MR) is 96.9 cm³/mol. The summed E-state index contributed by atoms with van der Waals surface area (Å²) in [6, 6.07) is 4.53. The average Bonchev–Trinajstić information content (AvgIpc) is 3.18. The zero-order valence-corrected chi connectivity index (χ0v) is 16.5. The maximum atomic E-state index is 12.7. The minimum Gasteiger partial charge on any atom is -0.475 e. The van der Waals surface area contributed by atoms with Crippen LogP contribution in [0.4, 0.5) is 26.3 Å². The number of halogens is 6. The van der Waals surface area contributed by atoms with Gasteiger partial charge in [0.25, 0.3) is 0 Å². The van der Waals surface area contributed by atoms with Gasteiger partial charge in [0.1, 0.15) is 11.4 Å². The molecule has 0 spiro atoms. The van der Waals surface area contributed by atoms with Crippen molar-refractivity contribution >= 4 is 15.8 Å². The Bertz CT molecular complexity index is 1220. The third kappa shape index (κ3) is 6.50. The standard InChI is InChI=1S/C15H11F3N4O2S.C2HF3O2/c1-25(23,24)11-4-10(6-19-7-11)9-2-3-20-12(5-9)14-21-8-13(22-14)15(16,17)18;3-2(4,5)1(6)7/h2-8H,1H3,(H,21,22);(H,6,7). The van der Waals surface area contributed by atoms with Crippen LogP contribution in [0.15, 0.2) is 47.9 Å². The number of rotatable bonds is 3. The first-order valence-electron chi connectivity index (χ1n) is 8.13. The SMILES string of the molecule is CS(=O)(=O)c1cncc(-c2ccnc(-c3ncc(C(F)(F)F)[nH]3)c2)c1.O=C(O)C(F)(F)F. The fourth-order valence-electron chi connectivity index (χ4n) is 2.11. The number of aromatic nitrogens is 4. The van der Waals surface area contributed by atoms with Gasteiger partial charge in [-0.05, 0) is 23.8 Å². The highest BCUT2D eigenvalue weighted by Crippen LogP contribution is 2.30. The van der Waals surface area contributed by atoms with Crippen molar-refractivity contribution in [3.05, 3.63) is 48.7 Å². The summed E-state index contributed by atoms with van der Waals surface area (Å²) in [4.78, 5) is 22.7.